The van der Waals surface area contributed by atoms with E-state index in [-0.39, 0.29) is 18.3 Å². The Morgan fingerprint density at radius 1 is 1.47 bits per heavy atom. The summed E-state index contributed by atoms with van der Waals surface area (Å²) in [4.78, 5) is 11.6. The number of carbonyl (C=O) groups is 1. The molecule has 0 unspecified atom stereocenters. The van der Waals surface area contributed by atoms with E-state index in [1.54, 1.807) is 6.07 Å². The Labute approximate surface area is 108 Å². The number of anilines is 1. The highest BCUT2D eigenvalue weighted by molar-refractivity contribution is 9.10. The van der Waals surface area contributed by atoms with Crippen LogP contribution in [0.4, 0.5) is 10.1 Å². The lowest BCUT2D eigenvalue weighted by atomic mass is 10.3. The van der Waals surface area contributed by atoms with E-state index in [1.807, 2.05) is 0 Å². The lowest BCUT2D eigenvalue weighted by Gasteiger charge is -2.08. The average molecular weight is 301 g/mol. The molecule has 1 amide bonds. The van der Waals surface area contributed by atoms with Crippen molar-refractivity contribution < 1.29 is 9.18 Å². The molecule has 1 saturated carbocycles. The molecule has 1 aliphatic rings. The number of hydrogen-bond acceptors (Lipinski definition) is 2. The van der Waals surface area contributed by atoms with Crippen molar-refractivity contribution in [1.29, 1.82) is 0 Å². The topological polar surface area (TPSA) is 41.1 Å². The van der Waals surface area contributed by atoms with E-state index in [4.69, 9.17) is 0 Å². The highest BCUT2D eigenvalue weighted by atomic mass is 79.9. The Balaban J connectivity index is 1.81. The van der Waals surface area contributed by atoms with Gasteiger partial charge < -0.3 is 10.6 Å². The molecule has 1 aromatic rings. The maximum atomic E-state index is 13.0. The van der Waals surface area contributed by atoms with Crippen LogP contribution in [0, 0.1) is 11.7 Å². The standard InChI is InChI=1S/C12H14BrFN2O/c13-10-4-3-9(14)5-11(10)16-12(17)7-15-6-8-1-2-8/h3-5,8,15H,1-2,6-7H2,(H,16,17). The van der Waals surface area contributed by atoms with Gasteiger partial charge in [0.25, 0.3) is 0 Å². The van der Waals surface area contributed by atoms with Gasteiger partial charge in [-0.3, -0.25) is 4.79 Å². The zero-order valence-corrected chi connectivity index (χ0v) is 10.9. The van der Waals surface area contributed by atoms with Crippen LogP contribution in [0.5, 0.6) is 0 Å². The van der Waals surface area contributed by atoms with E-state index in [2.05, 4.69) is 26.6 Å². The summed E-state index contributed by atoms with van der Waals surface area (Å²) in [7, 11) is 0. The first kappa shape index (κ1) is 12.5. The van der Waals surface area contributed by atoms with Crippen LogP contribution < -0.4 is 10.6 Å². The molecular formula is C12H14BrFN2O. The van der Waals surface area contributed by atoms with Crippen molar-refractivity contribution in [3.05, 3.63) is 28.5 Å². The van der Waals surface area contributed by atoms with E-state index in [1.165, 1.54) is 25.0 Å². The van der Waals surface area contributed by atoms with Gasteiger partial charge in [-0.2, -0.15) is 0 Å². The molecule has 3 nitrogen and oxygen atoms in total. The molecule has 1 aromatic carbocycles. The Morgan fingerprint density at radius 2 is 2.24 bits per heavy atom. The number of carbonyl (C=O) groups excluding carboxylic acids is 1. The Morgan fingerprint density at radius 3 is 2.94 bits per heavy atom. The van der Waals surface area contributed by atoms with E-state index in [0.717, 1.165) is 12.5 Å². The van der Waals surface area contributed by atoms with Crippen LogP contribution in [0.15, 0.2) is 22.7 Å². The summed E-state index contributed by atoms with van der Waals surface area (Å²) in [5.74, 6) is 0.218. The normalized spacial score (nSPS) is 14.7. The monoisotopic (exact) mass is 300 g/mol. The molecular weight excluding hydrogens is 287 g/mol. The second kappa shape index (κ2) is 5.60. The summed E-state index contributed by atoms with van der Waals surface area (Å²) in [5.41, 5.74) is 0.461. The summed E-state index contributed by atoms with van der Waals surface area (Å²) in [5, 5.41) is 5.74. The van der Waals surface area contributed by atoms with Crippen molar-refractivity contribution in [1.82, 2.24) is 5.32 Å². The Bertz CT molecular complexity index is 421. The van der Waals surface area contributed by atoms with Crippen molar-refractivity contribution >= 4 is 27.5 Å². The van der Waals surface area contributed by atoms with E-state index < -0.39 is 0 Å². The van der Waals surface area contributed by atoms with Crippen LogP contribution in [0.1, 0.15) is 12.8 Å². The molecule has 2 rings (SSSR count). The third kappa shape index (κ3) is 4.09. The number of nitrogens with one attached hydrogen (secondary N) is 2. The highest BCUT2D eigenvalue weighted by Crippen LogP contribution is 2.27. The molecule has 0 atom stereocenters. The maximum absolute atomic E-state index is 13.0. The first-order chi connectivity index (χ1) is 8.15. The molecule has 1 fully saturated rings. The quantitative estimate of drug-likeness (QED) is 0.877. The molecule has 0 saturated heterocycles. The van der Waals surface area contributed by atoms with Crippen molar-refractivity contribution in [3.63, 3.8) is 0 Å². The molecule has 0 spiro atoms. The first-order valence-electron chi connectivity index (χ1n) is 5.61. The van der Waals surface area contributed by atoms with Gasteiger partial charge in [-0.1, -0.05) is 0 Å². The van der Waals surface area contributed by atoms with Gasteiger partial charge in [-0.05, 0) is 59.4 Å². The fraction of sp³-hybridized carbons (Fsp3) is 0.417. The van der Waals surface area contributed by atoms with Crippen molar-refractivity contribution in [2.45, 2.75) is 12.8 Å². The summed E-state index contributed by atoms with van der Waals surface area (Å²) >= 11 is 3.26. The summed E-state index contributed by atoms with van der Waals surface area (Å²) in [6, 6.07) is 4.20. The number of rotatable bonds is 5. The van der Waals surface area contributed by atoms with Gasteiger partial charge in [0, 0.05) is 4.47 Å². The van der Waals surface area contributed by atoms with Crippen LogP contribution in [0.3, 0.4) is 0 Å². The molecule has 0 aromatic heterocycles. The van der Waals surface area contributed by atoms with Crippen LogP contribution in [-0.4, -0.2) is 19.0 Å². The van der Waals surface area contributed by atoms with E-state index in [0.29, 0.717) is 10.2 Å². The second-order valence-corrected chi connectivity index (χ2v) is 5.10. The minimum atomic E-state index is -0.366. The van der Waals surface area contributed by atoms with Gasteiger partial charge in [-0.25, -0.2) is 4.39 Å². The number of benzene rings is 1. The van der Waals surface area contributed by atoms with Crippen molar-refractivity contribution in [2.24, 2.45) is 5.92 Å². The third-order valence-corrected chi connectivity index (χ3v) is 3.31. The lowest BCUT2D eigenvalue weighted by molar-refractivity contribution is -0.115. The Hall–Kier alpha value is -0.940. The van der Waals surface area contributed by atoms with Gasteiger partial charge in [0.1, 0.15) is 5.82 Å². The van der Waals surface area contributed by atoms with E-state index in [9.17, 15) is 9.18 Å². The molecule has 17 heavy (non-hydrogen) atoms. The molecule has 5 heteroatoms. The van der Waals surface area contributed by atoms with Crippen LogP contribution >= 0.6 is 15.9 Å². The smallest absolute Gasteiger partial charge is 0.238 e. The van der Waals surface area contributed by atoms with Crippen LogP contribution in [0.2, 0.25) is 0 Å². The molecule has 92 valence electrons. The number of amides is 1. The largest absolute Gasteiger partial charge is 0.324 e. The zero-order valence-electron chi connectivity index (χ0n) is 9.30. The van der Waals surface area contributed by atoms with Crippen LogP contribution in [0.25, 0.3) is 0 Å². The molecule has 2 N–H and O–H groups in total. The van der Waals surface area contributed by atoms with Gasteiger partial charge in [0.15, 0.2) is 0 Å². The van der Waals surface area contributed by atoms with Gasteiger partial charge in [0.2, 0.25) is 5.91 Å². The number of halogens is 2. The van der Waals surface area contributed by atoms with E-state index >= 15 is 0 Å². The summed E-state index contributed by atoms with van der Waals surface area (Å²) in [6.45, 7) is 1.15. The summed E-state index contributed by atoms with van der Waals surface area (Å²) < 4.78 is 13.7. The van der Waals surface area contributed by atoms with Crippen LogP contribution in [-0.2, 0) is 4.79 Å². The second-order valence-electron chi connectivity index (χ2n) is 4.25. The number of hydrogen-bond donors (Lipinski definition) is 2. The average Bonchev–Trinajstić information content (AvgIpc) is 3.07. The predicted octanol–water partition coefficient (Wildman–Crippen LogP) is 2.53. The first-order valence-corrected chi connectivity index (χ1v) is 6.40. The minimum Gasteiger partial charge on any atom is -0.324 e. The highest BCUT2D eigenvalue weighted by Gasteiger charge is 2.20. The minimum absolute atomic E-state index is 0.156. The molecule has 0 radical (unpaired) electrons. The van der Waals surface area contributed by atoms with Crippen molar-refractivity contribution in [3.8, 4) is 0 Å². The SMILES string of the molecule is O=C(CNCC1CC1)Nc1cc(F)ccc1Br. The lowest BCUT2D eigenvalue weighted by Crippen LogP contribution is -2.29. The molecule has 1 aliphatic carbocycles. The maximum Gasteiger partial charge on any atom is 0.238 e. The Kier molecular flexibility index (Phi) is 4.12. The molecule has 0 bridgehead atoms. The molecule has 0 aliphatic heterocycles. The zero-order chi connectivity index (χ0) is 12.3. The fourth-order valence-corrected chi connectivity index (χ4v) is 1.85. The predicted molar refractivity (Wildman–Crippen MR) is 68.3 cm³/mol. The third-order valence-electron chi connectivity index (χ3n) is 2.62. The fourth-order valence-electron chi connectivity index (χ4n) is 1.50. The molecule has 0 heterocycles. The summed E-state index contributed by atoms with van der Waals surface area (Å²) in [6.07, 6.45) is 2.51. The van der Waals surface area contributed by atoms with Gasteiger partial charge in [-0.15, -0.1) is 0 Å². The van der Waals surface area contributed by atoms with Crippen molar-refractivity contribution in [2.75, 3.05) is 18.4 Å². The van der Waals surface area contributed by atoms with Gasteiger partial charge >= 0.3 is 0 Å². The van der Waals surface area contributed by atoms with Gasteiger partial charge in [0.05, 0.1) is 12.2 Å².